The first kappa shape index (κ1) is 19.6. The molecule has 0 fully saturated rings. The first-order valence-corrected chi connectivity index (χ1v) is 6.32. The van der Waals surface area contributed by atoms with E-state index in [4.69, 9.17) is 5.26 Å². The van der Waals surface area contributed by atoms with Crippen LogP contribution in [0.15, 0.2) is 24.3 Å². The number of nitriles is 1. The summed E-state index contributed by atoms with van der Waals surface area (Å²) in [7, 11) is 0. The number of halogens is 2. The highest BCUT2D eigenvalue weighted by Gasteiger charge is 2.12. The van der Waals surface area contributed by atoms with E-state index in [-0.39, 0.29) is 24.8 Å². The second-order valence-electron chi connectivity index (χ2n) is 4.30. The van der Waals surface area contributed by atoms with E-state index >= 15 is 0 Å². The standard InChI is InChI=1S/C15H21N.2ClH/c1-3-5-6-9-13(4-2)15-11-8-7-10-14(15)12-16;;/h7-8,10-11,13H,3-6,9H2,1-2H3;2*1H. The van der Waals surface area contributed by atoms with E-state index in [9.17, 15) is 0 Å². The van der Waals surface area contributed by atoms with Gasteiger partial charge in [-0.15, -0.1) is 24.8 Å². The Morgan fingerprint density at radius 1 is 1.11 bits per heavy atom. The van der Waals surface area contributed by atoms with Crippen LogP contribution in [0, 0.1) is 11.3 Å². The Bertz CT molecular complexity index is 358. The maximum absolute atomic E-state index is 9.08. The van der Waals surface area contributed by atoms with E-state index in [1.165, 1.54) is 31.2 Å². The Morgan fingerprint density at radius 3 is 2.33 bits per heavy atom. The molecule has 0 bridgehead atoms. The van der Waals surface area contributed by atoms with Crippen molar-refractivity contribution in [3.05, 3.63) is 35.4 Å². The fourth-order valence-electron chi connectivity index (χ4n) is 2.18. The highest BCUT2D eigenvalue weighted by atomic mass is 35.5. The summed E-state index contributed by atoms with van der Waals surface area (Å²) in [6.45, 7) is 4.44. The summed E-state index contributed by atoms with van der Waals surface area (Å²) in [5.74, 6) is 0.558. The minimum Gasteiger partial charge on any atom is -0.192 e. The first-order chi connectivity index (χ1) is 7.83. The van der Waals surface area contributed by atoms with Crippen LogP contribution in [0.1, 0.15) is 63.0 Å². The molecule has 0 amide bonds. The SMILES string of the molecule is CCCCCC(CC)c1ccccc1C#N.Cl.Cl. The van der Waals surface area contributed by atoms with Crippen LogP contribution in [0.3, 0.4) is 0 Å². The van der Waals surface area contributed by atoms with Crippen LogP contribution >= 0.6 is 24.8 Å². The lowest BCUT2D eigenvalue weighted by Crippen LogP contribution is -2.00. The Morgan fingerprint density at radius 2 is 1.78 bits per heavy atom. The molecule has 1 atom stereocenters. The molecule has 0 aromatic heterocycles. The molecule has 1 aromatic carbocycles. The lowest BCUT2D eigenvalue weighted by atomic mass is 9.88. The predicted octanol–water partition coefficient (Wildman–Crippen LogP) is 5.48. The molecule has 3 heteroatoms. The van der Waals surface area contributed by atoms with Crippen LogP contribution in [0.25, 0.3) is 0 Å². The molecule has 0 saturated carbocycles. The molecule has 1 aromatic rings. The van der Waals surface area contributed by atoms with E-state index in [1.807, 2.05) is 18.2 Å². The smallest absolute Gasteiger partial charge is 0.0994 e. The van der Waals surface area contributed by atoms with Crippen molar-refractivity contribution in [3.63, 3.8) is 0 Å². The number of hydrogen-bond acceptors (Lipinski definition) is 1. The van der Waals surface area contributed by atoms with Crippen LogP contribution in [-0.4, -0.2) is 0 Å². The summed E-state index contributed by atoms with van der Waals surface area (Å²) in [6, 6.07) is 10.3. The van der Waals surface area contributed by atoms with Crippen LogP contribution in [0.5, 0.6) is 0 Å². The van der Waals surface area contributed by atoms with Crippen molar-refractivity contribution >= 4 is 24.8 Å². The average Bonchev–Trinajstić information content (AvgIpc) is 2.35. The van der Waals surface area contributed by atoms with Crippen molar-refractivity contribution in [2.45, 2.75) is 51.9 Å². The molecule has 1 nitrogen and oxygen atoms in total. The van der Waals surface area contributed by atoms with Gasteiger partial charge in [-0.3, -0.25) is 0 Å². The molecular weight excluding hydrogens is 265 g/mol. The third-order valence-electron chi connectivity index (χ3n) is 3.17. The van der Waals surface area contributed by atoms with Crippen molar-refractivity contribution in [1.82, 2.24) is 0 Å². The fourth-order valence-corrected chi connectivity index (χ4v) is 2.18. The molecule has 18 heavy (non-hydrogen) atoms. The van der Waals surface area contributed by atoms with Gasteiger partial charge in [0.25, 0.3) is 0 Å². The summed E-state index contributed by atoms with van der Waals surface area (Å²) in [4.78, 5) is 0. The normalized spacial score (nSPS) is 10.7. The van der Waals surface area contributed by atoms with Crippen molar-refractivity contribution in [2.24, 2.45) is 0 Å². The predicted molar refractivity (Wildman–Crippen MR) is 82.8 cm³/mol. The van der Waals surface area contributed by atoms with Gasteiger partial charge in [-0.2, -0.15) is 5.26 Å². The molecule has 0 heterocycles. The second-order valence-corrected chi connectivity index (χ2v) is 4.30. The highest BCUT2D eigenvalue weighted by Crippen LogP contribution is 2.28. The molecule has 1 unspecified atom stereocenters. The largest absolute Gasteiger partial charge is 0.192 e. The van der Waals surface area contributed by atoms with Gasteiger partial charge < -0.3 is 0 Å². The van der Waals surface area contributed by atoms with Gasteiger partial charge in [0.2, 0.25) is 0 Å². The van der Waals surface area contributed by atoms with E-state index in [1.54, 1.807) is 0 Å². The van der Waals surface area contributed by atoms with Gasteiger partial charge in [-0.05, 0) is 30.4 Å². The molecule has 0 radical (unpaired) electrons. The summed E-state index contributed by atoms with van der Waals surface area (Å²) in [5.41, 5.74) is 2.09. The number of benzene rings is 1. The Kier molecular flexibility index (Phi) is 12.4. The van der Waals surface area contributed by atoms with Crippen molar-refractivity contribution in [3.8, 4) is 6.07 Å². The Hall–Kier alpha value is -0.710. The monoisotopic (exact) mass is 287 g/mol. The average molecular weight is 288 g/mol. The van der Waals surface area contributed by atoms with E-state index < -0.39 is 0 Å². The van der Waals surface area contributed by atoms with Gasteiger partial charge in [-0.1, -0.05) is 51.3 Å². The van der Waals surface area contributed by atoms with Gasteiger partial charge in [0.1, 0.15) is 0 Å². The lowest BCUT2D eigenvalue weighted by molar-refractivity contribution is 0.552. The van der Waals surface area contributed by atoms with Crippen LogP contribution in [-0.2, 0) is 0 Å². The summed E-state index contributed by atoms with van der Waals surface area (Å²) >= 11 is 0. The molecule has 0 spiro atoms. The number of nitrogens with zero attached hydrogens (tertiary/aromatic N) is 1. The number of unbranched alkanes of at least 4 members (excludes halogenated alkanes) is 2. The highest BCUT2D eigenvalue weighted by molar-refractivity contribution is 5.85. The summed E-state index contributed by atoms with van der Waals surface area (Å²) < 4.78 is 0. The Balaban J connectivity index is 0. The summed E-state index contributed by atoms with van der Waals surface area (Å²) in [6.07, 6.45) is 6.17. The quantitative estimate of drug-likeness (QED) is 0.636. The molecule has 0 aliphatic carbocycles. The fraction of sp³-hybridized carbons (Fsp3) is 0.533. The topological polar surface area (TPSA) is 23.8 Å². The van der Waals surface area contributed by atoms with Crippen LogP contribution < -0.4 is 0 Å². The zero-order chi connectivity index (χ0) is 11.8. The van der Waals surface area contributed by atoms with Crippen LogP contribution in [0.4, 0.5) is 0 Å². The second kappa shape index (κ2) is 11.4. The summed E-state index contributed by atoms with van der Waals surface area (Å²) in [5, 5.41) is 9.08. The third-order valence-corrected chi connectivity index (χ3v) is 3.17. The van der Waals surface area contributed by atoms with Gasteiger partial charge in [0, 0.05) is 0 Å². The maximum atomic E-state index is 9.08. The van der Waals surface area contributed by atoms with Gasteiger partial charge >= 0.3 is 0 Å². The van der Waals surface area contributed by atoms with Crippen molar-refractivity contribution in [2.75, 3.05) is 0 Å². The molecule has 0 N–H and O–H groups in total. The molecule has 102 valence electrons. The minimum absolute atomic E-state index is 0. The maximum Gasteiger partial charge on any atom is 0.0994 e. The zero-order valence-corrected chi connectivity index (χ0v) is 12.8. The van der Waals surface area contributed by atoms with E-state index in [0.29, 0.717) is 5.92 Å². The Labute approximate surface area is 123 Å². The van der Waals surface area contributed by atoms with Gasteiger partial charge in [-0.25, -0.2) is 0 Å². The minimum atomic E-state index is 0. The van der Waals surface area contributed by atoms with Crippen LogP contribution in [0.2, 0.25) is 0 Å². The zero-order valence-electron chi connectivity index (χ0n) is 11.2. The third kappa shape index (κ3) is 5.76. The molecule has 1 rings (SSSR count). The van der Waals surface area contributed by atoms with E-state index in [2.05, 4.69) is 26.0 Å². The molecule has 0 saturated heterocycles. The lowest BCUT2D eigenvalue weighted by Gasteiger charge is -2.16. The molecular formula is C15H23Cl2N. The first-order valence-electron chi connectivity index (χ1n) is 6.32. The van der Waals surface area contributed by atoms with Crippen molar-refractivity contribution < 1.29 is 0 Å². The van der Waals surface area contributed by atoms with E-state index in [0.717, 1.165) is 12.0 Å². The number of rotatable bonds is 6. The molecule has 0 aliphatic heterocycles. The van der Waals surface area contributed by atoms with Gasteiger partial charge in [0.05, 0.1) is 11.6 Å². The number of hydrogen-bond donors (Lipinski definition) is 0. The van der Waals surface area contributed by atoms with Crippen molar-refractivity contribution in [1.29, 1.82) is 5.26 Å². The van der Waals surface area contributed by atoms with Gasteiger partial charge in [0.15, 0.2) is 0 Å². The molecule has 0 aliphatic rings.